The summed E-state index contributed by atoms with van der Waals surface area (Å²) in [5.41, 5.74) is 0.863. The van der Waals surface area contributed by atoms with E-state index in [1.165, 1.54) is 5.48 Å². The number of hydrogen-bond donors (Lipinski definition) is 3. The Morgan fingerprint density at radius 2 is 2.06 bits per heavy atom. The summed E-state index contributed by atoms with van der Waals surface area (Å²) in [5, 5.41) is 10.9. The molecule has 3 N–H and O–H groups in total. The molecule has 6 nitrogen and oxygen atoms in total. The number of ether oxygens (including phenoxy) is 1. The molecule has 0 aromatic carbocycles. The molecule has 0 rings (SSSR count). The molecule has 17 heavy (non-hydrogen) atoms. The highest BCUT2D eigenvalue weighted by atomic mass is 16.6. The van der Waals surface area contributed by atoms with Crippen LogP contribution in [0.3, 0.4) is 0 Å². The summed E-state index contributed by atoms with van der Waals surface area (Å²) in [5.74, 6) is -0.683. The van der Waals surface area contributed by atoms with Gasteiger partial charge in [0.25, 0.3) is 5.91 Å². The first-order valence-corrected chi connectivity index (χ1v) is 5.34. The summed E-state index contributed by atoms with van der Waals surface area (Å²) in [4.78, 5) is 22.7. The zero-order valence-electron chi connectivity index (χ0n) is 10.4. The van der Waals surface area contributed by atoms with Gasteiger partial charge in [-0.25, -0.2) is 10.3 Å². The summed E-state index contributed by atoms with van der Waals surface area (Å²) in [6.07, 6.45) is 1.80. The molecule has 1 atom stereocenters. The minimum atomic E-state index is -0.840. The van der Waals surface area contributed by atoms with E-state index >= 15 is 0 Å². The molecule has 0 radical (unpaired) electrons. The quantitative estimate of drug-likeness (QED) is 0.387. The fourth-order valence-electron chi connectivity index (χ4n) is 1.08. The van der Waals surface area contributed by atoms with Crippen molar-refractivity contribution >= 4 is 12.0 Å². The minimum Gasteiger partial charge on any atom is -0.444 e. The summed E-state index contributed by atoms with van der Waals surface area (Å²) in [6.45, 7) is 8.68. The zero-order chi connectivity index (χ0) is 13.5. The molecule has 0 aliphatic heterocycles. The molecule has 0 aromatic heterocycles. The molecule has 0 saturated heterocycles. The lowest BCUT2D eigenvalue weighted by atomic mass is 10.1. The molecule has 0 bridgehead atoms. The maximum Gasteiger partial charge on any atom is 0.408 e. The monoisotopic (exact) mass is 244 g/mol. The maximum absolute atomic E-state index is 11.4. The highest BCUT2D eigenvalue weighted by molar-refractivity contribution is 5.84. The number of amides is 2. The number of allylic oxidation sites excluding steroid dienone is 1. The van der Waals surface area contributed by atoms with E-state index in [9.17, 15) is 9.59 Å². The van der Waals surface area contributed by atoms with Crippen LogP contribution in [0.4, 0.5) is 4.79 Å². The van der Waals surface area contributed by atoms with Gasteiger partial charge in [0.1, 0.15) is 11.6 Å². The fraction of sp³-hybridized carbons (Fsp3) is 0.636. The number of carbonyl (C=O) groups is 2. The number of nitrogens with one attached hydrogen (secondary N) is 2. The lowest BCUT2D eigenvalue weighted by molar-refractivity contribution is -0.131. The molecule has 6 heteroatoms. The Labute approximate surface area is 101 Å². The van der Waals surface area contributed by atoms with Crippen LogP contribution in [0.15, 0.2) is 12.7 Å². The lowest BCUT2D eigenvalue weighted by Gasteiger charge is -2.22. The van der Waals surface area contributed by atoms with E-state index < -0.39 is 23.6 Å². The minimum absolute atomic E-state index is 0.342. The van der Waals surface area contributed by atoms with Crippen molar-refractivity contribution in [1.29, 1.82) is 0 Å². The third kappa shape index (κ3) is 7.35. The van der Waals surface area contributed by atoms with Gasteiger partial charge in [-0.15, -0.1) is 6.58 Å². The Hall–Kier alpha value is -1.56. The Balaban J connectivity index is 4.37. The highest BCUT2D eigenvalue weighted by Gasteiger charge is 2.23. The maximum atomic E-state index is 11.4. The third-order valence-corrected chi connectivity index (χ3v) is 1.78. The number of rotatable bonds is 5. The Morgan fingerprint density at radius 3 is 2.47 bits per heavy atom. The molecule has 0 saturated carbocycles. The smallest absolute Gasteiger partial charge is 0.408 e. The van der Waals surface area contributed by atoms with E-state index in [4.69, 9.17) is 9.94 Å². The van der Waals surface area contributed by atoms with Gasteiger partial charge in [0.2, 0.25) is 0 Å². The van der Waals surface area contributed by atoms with Crippen LogP contribution < -0.4 is 10.8 Å². The van der Waals surface area contributed by atoms with E-state index in [0.717, 1.165) is 0 Å². The molecular formula is C11H20N2O4. The summed E-state index contributed by atoms with van der Waals surface area (Å²) in [7, 11) is 0. The normalized spacial score (nSPS) is 12.5. The summed E-state index contributed by atoms with van der Waals surface area (Å²) >= 11 is 0. The number of hydrogen-bond acceptors (Lipinski definition) is 4. The Bertz CT molecular complexity index is 284. The molecule has 0 aliphatic carbocycles. The van der Waals surface area contributed by atoms with Gasteiger partial charge in [-0.05, 0) is 33.6 Å². The predicted octanol–water partition coefficient (Wildman–Crippen LogP) is 1.35. The lowest BCUT2D eigenvalue weighted by Crippen LogP contribution is -2.47. The Kier molecular flexibility index (Phi) is 6.27. The van der Waals surface area contributed by atoms with Gasteiger partial charge in [0.05, 0.1) is 0 Å². The second kappa shape index (κ2) is 6.90. The van der Waals surface area contributed by atoms with E-state index in [0.29, 0.717) is 12.8 Å². The molecule has 0 fully saturated rings. The number of carbonyl (C=O) groups excluding carboxylic acids is 2. The Morgan fingerprint density at radius 1 is 1.47 bits per heavy atom. The molecule has 0 heterocycles. The second-order valence-corrected chi connectivity index (χ2v) is 4.54. The summed E-state index contributed by atoms with van der Waals surface area (Å²) < 4.78 is 5.01. The SMILES string of the molecule is C=CCC[C@H](NC(=O)OC(C)(C)C)C(=O)NO. The van der Waals surface area contributed by atoms with Crippen LogP contribution in [-0.2, 0) is 9.53 Å². The molecule has 0 unspecified atom stereocenters. The second-order valence-electron chi connectivity index (χ2n) is 4.54. The van der Waals surface area contributed by atoms with Crippen molar-refractivity contribution < 1.29 is 19.5 Å². The van der Waals surface area contributed by atoms with Gasteiger partial charge in [-0.3, -0.25) is 10.0 Å². The average molecular weight is 244 g/mol. The van der Waals surface area contributed by atoms with Gasteiger partial charge in [0, 0.05) is 0 Å². The van der Waals surface area contributed by atoms with Gasteiger partial charge >= 0.3 is 6.09 Å². The van der Waals surface area contributed by atoms with Crippen molar-refractivity contribution in [2.45, 2.75) is 45.3 Å². The van der Waals surface area contributed by atoms with Crippen LogP contribution in [0.1, 0.15) is 33.6 Å². The molecule has 0 aliphatic rings. The van der Waals surface area contributed by atoms with Crippen LogP contribution >= 0.6 is 0 Å². The molecule has 0 spiro atoms. The van der Waals surface area contributed by atoms with Gasteiger partial charge < -0.3 is 10.1 Å². The van der Waals surface area contributed by atoms with E-state index in [1.54, 1.807) is 26.8 Å². The van der Waals surface area contributed by atoms with Crippen molar-refractivity contribution in [2.24, 2.45) is 0 Å². The highest BCUT2D eigenvalue weighted by Crippen LogP contribution is 2.07. The van der Waals surface area contributed by atoms with Crippen LogP contribution in [0.5, 0.6) is 0 Å². The van der Waals surface area contributed by atoms with Crippen LogP contribution in [0.2, 0.25) is 0 Å². The molecule has 98 valence electrons. The first-order chi connectivity index (χ1) is 7.80. The van der Waals surface area contributed by atoms with E-state index in [-0.39, 0.29) is 0 Å². The van der Waals surface area contributed by atoms with Crippen molar-refractivity contribution in [3.63, 3.8) is 0 Å². The molecular weight excluding hydrogens is 224 g/mol. The van der Waals surface area contributed by atoms with E-state index in [1.807, 2.05) is 0 Å². The van der Waals surface area contributed by atoms with Crippen molar-refractivity contribution in [3.8, 4) is 0 Å². The molecule has 0 aromatic rings. The molecule has 2 amide bonds. The van der Waals surface area contributed by atoms with Crippen LogP contribution in [-0.4, -0.2) is 28.9 Å². The predicted molar refractivity (Wildman–Crippen MR) is 62.5 cm³/mol. The van der Waals surface area contributed by atoms with Crippen molar-refractivity contribution in [1.82, 2.24) is 10.8 Å². The van der Waals surface area contributed by atoms with Crippen LogP contribution in [0, 0.1) is 0 Å². The van der Waals surface area contributed by atoms with Crippen LogP contribution in [0.25, 0.3) is 0 Å². The topological polar surface area (TPSA) is 87.7 Å². The zero-order valence-corrected chi connectivity index (χ0v) is 10.4. The van der Waals surface area contributed by atoms with Gasteiger partial charge in [-0.1, -0.05) is 6.08 Å². The van der Waals surface area contributed by atoms with Crippen molar-refractivity contribution in [3.05, 3.63) is 12.7 Å². The first-order valence-electron chi connectivity index (χ1n) is 5.34. The standard InChI is InChI=1S/C11H20N2O4/c1-5-6-7-8(9(14)13-16)12-10(15)17-11(2,3)4/h5,8,16H,1,6-7H2,2-4H3,(H,12,15)(H,13,14)/t8-/m0/s1. The van der Waals surface area contributed by atoms with Gasteiger partial charge in [0.15, 0.2) is 0 Å². The number of hydroxylamine groups is 1. The fourth-order valence-corrected chi connectivity index (χ4v) is 1.08. The van der Waals surface area contributed by atoms with Gasteiger partial charge in [-0.2, -0.15) is 0 Å². The summed E-state index contributed by atoms with van der Waals surface area (Å²) in [6, 6.07) is -0.840. The van der Waals surface area contributed by atoms with E-state index in [2.05, 4.69) is 11.9 Å². The number of alkyl carbamates (subject to hydrolysis) is 1. The van der Waals surface area contributed by atoms with Crippen molar-refractivity contribution in [2.75, 3.05) is 0 Å². The average Bonchev–Trinajstić information content (AvgIpc) is 2.20. The first kappa shape index (κ1) is 15.4. The largest absolute Gasteiger partial charge is 0.444 e. The third-order valence-electron chi connectivity index (χ3n) is 1.78.